The Morgan fingerprint density at radius 3 is 2.90 bits per heavy atom. The zero-order chi connectivity index (χ0) is 14.8. The highest BCUT2D eigenvalue weighted by molar-refractivity contribution is 5.99. The molecule has 1 atom stereocenters. The van der Waals surface area contributed by atoms with Crippen LogP contribution in [-0.2, 0) is 0 Å². The zero-order valence-electron chi connectivity index (χ0n) is 11.4. The van der Waals surface area contributed by atoms with E-state index in [9.17, 15) is 4.79 Å². The topological polar surface area (TPSA) is 72.8 Å². The molecule has 0 fully saturated rings. The van der Waals surface area contributed by atoms with Crippen LogP contribution >= 0.6 is 0 Å². The molecule has 3 aromatic rings. The molecule has 1 unspecified atom stereocenters. The number of furan rings is 1. The molecule has 0 aliphatic heterocycles. The van der Waals surface area contributed by atoms with Crippen molar-refractivity contribution in [2.24, 2.45) is 5.92 Å². The van der Waals surface area contributed by atoms with E-state index >= 15 is 0 Å². The number of fused-ring (bicyclic) bond motifs is 2. The maximum absolute atomic E-state index is 11.4. The summed E-state index contributed by atoms with van der Waals surface area (Å²) < 4.78 is 16.2. The fraction of sp³-hybridized carbons (Fsp3) is 0.188. The average Bonchev–Trinajstić information content (AvgIpc) is 2.94. The van der Waals surface area contributed by atoms with E-state index in [1.54, 1.807) is 18.4 Å². The fourth-order valence-corrected chi connectivity index (χ4v) is 2.02. The Kier molecular flexibility index (Phi) is 3.50. The van der Waals surface area contributed by atoms with Gasteiger partial charge in [-0.05, 0) is 24.3 Å². The molecule has 0 aliphatic rings. The molecule has 21 heavy (non-hydrogen) atoms. The smallest absolute Gasteiger partial charge is 0.336 e. The maximum Gasteiger partial charge on any atom is 0.336 e. The van der Waals surface area contributed by atoms with E-state index in [0.717, 1.165) is 10.8 Å². The predicted molar refractivity (Wildman–Crippen MR) is 78.3 cm³/mol. The summed E-state index contributed by atoms with van der Waals surface area (Å²) in [7, 11) is 0. The minimum atomic E-state index is -0.453. The molecule has 0 saturated carbocycles. The van der Waals surface area contributed by atoms with Crippen molar-refractivity contribution in [2.75, 3.05) is 6.61 Å². The second-order valence-electron chi connectivity index (χ2n) is 4.82. The second-order valence-corrected chi connectivity index (χ2v) is 4.82. The molecule has 2 aromatic heterocycles. The van der Waals surface area contributed by atoms with E-state index in [0.29, 0.717) is 16.9 Å². The van der Waals surface area contributed by atoms with Crippen molar-refractivity contribution in [1.82, 2.24) is 0 Å². The lowest BCUT2D eigenvalue weighted by molar-refractivity contribution is 0.260. The number of ether oxygens (including phenoxy) is 1. The highest BCUT2D eigenvalue weighted by Gasteiger charge is 2.14. The Hall–Kier alpha value is -2.53. The quantitative estimate of drug-likeness (QED) is 0.589. The largest absolute Gasteiger partial charge is 0.460 e. The van der Waals surface area contributed by atoms with Gasteiger partial charge in [0.25, 0.3) is 0 Å². The molecule has 5 heteroatoms. The molecule has 1 aromatic carbocycles. The number of hydrogen-bond donors (Lipinski definition) is 1. The zero-order valence-corrected chi connectivity index (χ0v) is 11.4. The Morgan fingerprint density at radius 1 is 1.29 bits per heavy atom. The normalized spacial score (nSPS) is 13.2. The molecule has 0 spiro atoms. The van der Waals surface area contributed by atoms with Gasteiger partial charge in [0.05, 0.1) is 12.5 Å². The predicted octanol–water partition coefficient (Wildman–Crippen LogP) is 3.06. The van der Waals surface area contributed by atoms with Crippen molar-refractivity contribution >= 4 is 21.9 Å². The van der Waals surface area contributed by atoms with Crippen molar-refractivity contribution in [3.8, 4) is 5.75 Å². The van der Waals surface area contributed by atoms with Gasteiger partial charge in [0.15, 0.2) is 11.2 Å². The van der Waals surface area contributed by atoms with Crippen LogP contribution in [0.2, 0.25) is 0 Å². The molecule has 0 amide bonds. The van der Waals surface area contributed by atoms with E-state index in [4.69, 9.17) is 18.7 Å². The molecule has 1 N–H and O–H groups in total. The first-order valence-electron chi connectivity index (χ1n) is 6.57. The van der Waals surface area contributed by atoms with E-state index < -0.39 is 5.63 Å². The second kappa shape index (κ2) is 5.46. The summed E-state index contributed by atoms with van der Waals surface area (Å²) in [5.74, 6) is 0.325. The van der Waals surface area contributed by atoms with Crippen molar-refractivity contribution in [3.63, 3.8) is 0 Å². The number of benzene rings is 1. The highest BCUT2D eigenvalue weighted by Crippen LogP contribution is 2.35. The SMILES string of the molecule is CC(/C=C/Oc1c2occc2cc2ccc(=O)oc12)CO. The molecule has 0 aliphatic carbocycles. The monoisotopic (exact) mass is 286 g/mol. The first-order chi connectivity index (χ1) is 10.2. The standard InChI is InChI=1S/C16H14O5/c1-10(9-17)4-6-20-16-14-12(5-7-19-14)8-11-2-3-13(18)21-15(11)16/h2-8,10,17H,9H2,1H3/b6-4+. The summed E-state index contributed by atoms with van der Waals surface area (Å²) >= 11 is 0. The van der Waals surface area contributed by atoms with Crippen molar-refractivity contribution < 1.29 is 18.7 Å². The van der Waals surface area contributed by atoms with Crippen molar-refractivity contribution in [3.05, 3.63) is 53.3 Å². The lowest BCUT2D eigenvalue weighted by atomic mass is 10.1. The molecular formula is C16H14O5. The van der Waals surface area contributed by atoms with Crippen LogP contribution in [0.25, 0.3) is 21.9 Å². The summed E-state index contributed by atoms with van der Waals surface area (Å²) in [6.07, 6.45) is 4.73. The molecule has 0 bridgehead atoms. The van der Waals surface area contributed by atoms with Crippen LogP contribution in [0.5, 0.6) is 5.75 Å². The number of aliphatic hydroxyl groups excluding tert-OH is 1. The van der Waals surface area contributed by atoms with Gasteiger partial charge in [0.1, 0.15) is 0 Å². The van der Waals surface area contributed by atoms with Gasteiger partial charge in [0.2, 0.25) is 5.75 Å². The van der Waals surface area contributed by atoms with Crippen LogP contribution in [0.3, 0.4) is 0 Å². The van der Waals surface area contributed by atoms with E-state index in [2.05, 4.69) is 0 Å². The van der Waals surface area contributed by atoms with Gasteiger partial charge in [-0.3, -0.25) is 0 Å². The van der Waals surface area contributed by atoms with E-state index in [1.165, 1.54) is 12.3 Å². The third-order valence-electron chi connectivity index (χ3n) is 3.16. The van der Waals surface area contributed by atoms with Crippen LogP contribution in [0.1, 0.15) is 6.92 Å². The molecular weight excluding hydrogens is 272 g/mol. The number of rotatable bonds is 4. The molecule has 0 radical (unpaired) electrons. The van der Waals surface area contributed by atoms with E-state index in [1.807, 2.05) is 19.1 Å². The summed E-state index contributed by atoms with van der Waals surface area (Å²) in [6.45, 7) is 1.88. The average molecular weight is 286 g/mol. The Balaban J connectivity index is 2.15. The molecule has 3 rings (SSSR count). The van der Waals surface area contributed by atoms with Gasteiger partial charge in [-0.2, -0.15) is 0 Å². The lowest BCUT2D eigenvalue weighted by Gasteiger charge is -2.06. The third-order valence-corrected chi connectivity index (χ3v) is 3.16. The van der Waals surface area contributed by atoms with Gasteiger partial charge in [-0.15, -0.1) is 0 Å². The Labute approximate surface area is 120 Å². The van der Waals surface area contributed by atoms with Crippen molar-refractivity contribution in [1.29, 1.82) is 0 Å². The Bertz CT molecular complexity index is 856. The molecule has 0 saturated heterocycles. The Morgan fingerprint density at radius 2 is 2.10 bits per heavy atom. The summed E-state index contributed by atoms with van der Waals surface area (Å²) in [6, 6.07) is 6.72. The van der Waals surface area contributed by atoms with E-state index in [-0.39, 0.29) is 12.5 Å². The molecule has 2 heterocycles. The van der Waals surface area contributed by atoms with Crippen LogP contribution in [0.15, 0.2) is 56.5 Å². The lowest BCUT2D eigenvalue weighted by Crippen LogP contribution is -1.98. The fourth-order valence-electron chi connectivity index (χ4n) is 2.02. The van der Waals surface area contributed by atoms with Gasteiger partial charge in [-0.1, -0.05) is 6.92 Å². The molecule has 5 nitrogen and oxygen atoms in total. The first kappa shape index (κ1) is 13.5. The number of hydrogen-bond acceptors (Lipinski definition) is 5. The van der Waals surface area contributed by atoms with Gasteiger partial charge in [-0.25, -0.2) is 4.79 Å². The minimum Gasteiger partial charge on any atom is -0.460 e. The van der Waals surface area contributed by atoms with Crippen molar-refractivity contribution in [2.45, 2.75) is 6.92 Å². The maximum atomic E-state index is 11.4. The van der Waals surface area contributed by atoms with Gasteiger partial charge < -0.3 is 18.7 Å². The van der Waals surface area contributed by atoms with Crippen LogP contribution in [0.4, 0.5) is 0 Å². The molecule has 108 valence electrons. The summed E-state index contributed by atoms with van der Waals surface area (Å²) in [5.41, 5.74) is 0.398. The number of aliphatic hydroxyl groups is 1. The van der Waals surface area contributed by atoms with Gasteiger partial charge >= 0.3 is 5.63 Å². The van der Waals surface area contributed by atoms with Gasteiger partial charge in [0, 0.05) is 29.4 Å². The van der Waals surface area contributed by atoms with Crippen LogP contribution < -0.4 is 10.4 Å². The third kappa shape index (κ3) is 2.55. The summed E-state index contributed by atoms with van der Waals surface area (Å²) in [5, 5.41) is 10.6. The summed E-state index contributed by atoms with van der Waals surface area (Å²) in [4.78, 5) is 11.4. The van der Waals surface area contributed by atoms with Crippen LogP contribution in [0, 0.1) is 5.92 Å². The first-order valence-corrected chi connectivity index (χ1v) is 6.57. The minimum absolute atomic E-state index is 0.0284. The highest BCUT2D eigenvalue weighted by atomic mass is 16.5. The van der Waals surface area contributed by atoms with Crippen LogP contribution in [-0.4, -0.2) is 11.7 Å².